The van der Waals surface area contributed by atoms with Gasteiger partial charge in [0.25, 0.3) is 6.43 Å². The Balaban J connectivity index is 1.53. The second-order valence-electron chi connectivity index (χ2n) is 7.60. The molecule has 0 bridgehead atoms. The molecule has 4 heterocycles. The molecule has 0 radical (unpaired) electrons. The van der Waals surface area contributed by atoms with E-state index in [9.17, 15) is 18.4 Å². The van der Waals surface area contributed by atoms with Crippen molar-refractivity contribution in [3.8, 4) is 17.1 Å². The Hall–Kier alpha value is -3.30. The number of imidazole rings is 1. The van der Waals surface area contributed by atoms with E-state index in [1.807, 2.05) is 27.7 Å². The van der Waals surface area contributed by atoms with Crippen LogP contribution in [0.15, 0.2) is 40.5 Å². The van der Waals surface area contributed by atoms with E-state index >= 15 is 0 Å². The number of hydrogen-bond acceptors (Lipinski definition) is 7. The zero-order valence-electron chi connectivity index (χ0n) is 16.8. The summed E-state index contributed by atoms with van der Waals surface area (Å²) < 4.78 is 34.7. The lowest BCUT2D eigenvalue weighted by molar-refractivity contribution is -0.119. The molecule has 1 amide bonds. The highest BCUT2D eigenvalue weighted by Crippen LogP contribution is 2.42. The van der Waals surface area contributed by atoms with Gasteiger partial charge in [0.15, 0.2) is 16.8 Å². The molecule has 3 aliphatic rings. The Morgan fingerprint density at radius 2 is 2.19 bits per heavy atom. The van der Waals surface area contributed by atoms with Gasteiger partial charge < -0.3 is 19.9 Å². The minimum atomic E-state index is -2.76. The molecule has 3 aliphatic heterocycles. The van der Waals surface area contributed by atoms with Gasteiger partial charge in [-0.1, -0.05) is 11.8 Å². The summed E-state index contributed by atoms with van der Waals surface area (Å²) in [5, 5.41) is 1.26. The number of fused-ring (bicyclic) bond motifs is 3. The van der Waals surface area contributed by atoms with Crippen LogP contribution in [0.25, 0.3) is 11.4 Å². The number of carbonyl (C=O) groups excluding carboxylic acids is 2. The lowest BCUT2D eigenvalue weighted by Gasteiger charge is -2.25. The molecule has 5 rings (SSSR count). The molecule has 166 valence electrons. The van der Waals surface area contributed by atoms with Crippen molar-refractivity contribution < 1.29 is 23.1 Å². The van der Waals surface area contributed by atoms with Crippen LogP contribution in [0.2, 0.25) is 0 Å². The highest BCUT2D eigenvalue weighted by molar-refractivity contribution is 8.06. The molecule has 0 spiro atoms. The number of hydrogen-bond donors (Lipinski definition) is 1. The molecule has 1 aromatic heterocycles. The molecule has 1 aromatic carbocycles. The molecule has 1 fully saturated rings. The van der Waals surface area contributed by atoms with E-state index in [-0.39, 0.29) is 28.5 Å². The van der Waals surface area contributed by atoms with Crippen molar-refractivity contribution in [2.45, 2.75) is 31.9 Å². The molecule has 1 saturated heterocycles. The van der Waals surface area contributed by atoms with Crippen molar-refractivity contribution in [3.63, 3.8) is 0 Å². The summed E-state index contributed by atoms with van der Waals surface area (Å²) in [5.74, 6) is 2.71. The number of primary amides is 1. The molecule has 11 heteroatoms. The number of aromatic nitrogens is 2. The van der Waals surface area contributed by atoms with Crippen LogP contribution in [-0.2, 0) is 16.1 Å². The molecule has 0 unspecified atom stereocenters. The summed E-state index contributed by atoms with van der Waals surface area (Å²) in [6.45, 7) is 1.53. The first-order valence-electron chi connectivity index (χ1n) is 10.1. The van der Waals surface area contributed by atoms with E-state index in [0.29, 0.717) is 36.7 Å². The third-order valence-corrected chi connectivity index (χ3v) is 6.61. The van der Waals surface area contributed by atoms with E-state index in [1.165, 1.54) is 5.41 Å². The van der Waals surface area contributed by atoms with Crippen LogP contribution in [-0.4, -0.2) is 47.0 Å². The first-order chi connectivity index (χ1) is 15.5. The largest absolute Gasteiger partial charge is 0.491 e. The van der Waals surface area contributed by atoms with Gasteiger partial charge in [-0.2, -0.15) is 0 Å². The van der Waals surface area contributed by atoms with Crippen molar-refractivity contribution in [1.29, 1.82) is 0 Å². The number of thioether (sulfide) groups is 1. The molecule has 2 aromatic rings. The number of carbonyl (C=O) groups is 1. The van der Waals surface area contributed by atoms with E-state index < -0.39 is 6.43 Å². The number of rotatable bonds is 4. The van der Waals surface area contributed by atoms with Gasteiger partial charge in [-0.05, 0) is 25.0 Å². The van der Waals surface area contributed by atoms with E-state index in [1.54, 1.807) is 12.1 Å². The van der Waals surface area contributed by atoms with Crippen LogP contribution >= 0.6 is 11.8 Å². The number of alkyl halides is 2. The van der Waals surface area contributed by atoms with Gasteiger partial charge in [0.2, 0.25) is 5.91 Å². The number of ether oxygens (including phenoxy) is 1. The van der Waals surface area contributed by atoms with Crippen LogP contribution in [0.5, 0.6) is 5.75 Å². The fourth-order valence-electron chi connectivity index (χ4n) is 4.31. The Morgan fingerprint density at radius 3 is 2.94 bits per heavy atom. The van der Waals surface area contributed by atoms with Crippen LogP contribution in [0.4, 0.5) is 20.3 Å². The Bertz CT molecular complexity index is 1170. The van der Waals surface area contributed by atoms with Crippen LogP contribution < -0.4 is 20.3 Å². The third-order valence-electron chi connectivity index (χ3n) is 5.77. The predicted molar refractivity (Wildman–Crippen MR) is 116 cm³/mol. The maximum atomic E-state index is 13.5. The van der Waals surface area contributed by atoms with Crippen molar-refractivity contribution in [2.75, 3.05) is 23.0 Å². The summed E-state index contributed by atoms with van der Waals surface area (Å²) in [7, 11) is 0. The first kappa shape index (κ1) is 20.6. The molecular weight excluding hydrogens is 440 g/mol. The quantitative estimate of drug-likeness (QED) is 0.703. The predicted octanol–water partition coefficient (Wildman–Crippen LogP) is 2.73. The standard InChI is InChI=1S/C21H19F2N5O3S/c22-19(23)15-11-32-18(10-29)28(15)17-9-26-6-7-31-16-8-12(3-4-13(16)21(26)25-17)27-5-1-2-14(27)20(24)30/h3-4,8-9,11,14,19H,1-2,5-7H2,(H2,24,30)/t14-/m0/s1. The molecule has 2 N–H and O–H groups in total. The second-order valence-corrected chi connectivity index (χ2v) is 8.46. The number of allylic oxidation sites excluding steroid dienone is 1. The third kappa shape index (κ3) is 3.34. The van der Waals surface area contributed by atoms with E-state index in [2.05, 4.69) is 4.98 Å². The molecule has 32 heavy (non-hydrogen) atoms. The molecule has 1 atom stereocenters. The van der Waals surface area contributed by atoms with Gasteiger partial charge in [-0.25, -0.2) is 18.6 Å². The monoisotopic (exact) mass is 459 g/mol. The summed E-state index contributed by atoms with van der Waals surface area (Å²) in [6, 6.07) is 5.22. The van der Waals surface area contributed by atoms with Crippen molar-refractivity contribution in [2.24, 2.45) is 5.73 Å². The smallest absolute Gasteiger partial charge is 0.279 e. The Labute approximate surface area is 186 Å². The average molecular weight is 459 g/mol. The van der Waals surface area contributed by atoms with Gasteiger partial charge in [0.05, 0.1) is 17.8 Å². The number of nitrogens with zero attached hydrogens (tertiary/aromatic N) is 4. The summed E-state index contributed by atoms with van der Waals surface area (Å²) in [4.78, 5) is 30.8. The number of benzene rings is 1. The summed E-state index contributed by atoms with van der Waals surface area (Å²) in [6.07, 6.45) is 0.457. The van der Waals surface area contributed by atoms with Gasteiger partial charge in [-0.15, -0.1) is 0 Å². The van der Waals surface area contributed by atoms with E-state index in [0.717, 1.165) is 35.3 Å². The maximum absolute atomic E-state index is 13.5. The molecular formula is C21H19F2N5O3S. The average Bonchev–Trinajstić information content (AvgIpc) is 3.49. The Kier molecular flexibility index (Phi) is 5.15. The molecule has 0 aliphatic carbocycles. The van der Waals surface area contributed by atoms with Crippen molar-refractivity contribution in [1.82, 2.24) is 9.55 Å². The maximum Gasteiger partial charge on any atom is 0.279 e. The number of amides is 1. The fourth-order valence-corrected chi connectivity index (χ4v) is 5.10. The minimum Gasteiger partial charge on any atom is -0.491 e. The van der Waals surface area contributed by atoms with Crippen LogP contribution in [0.3, 0.4) is 0 Å². The highest BCUT2D eigenvalue weighted by atomic mass is 32.2. The highest BCUT2D eigenvalue weighted by Gasteiger charge is 2.34. The zero-order valence-corrected chi connectivity index (χ0v) is 17.6. The van der Waals surface area contributed by atoms with Gasteiger partial charge in [-0.3, -0.25) is 9.69 Å². The second kappa shape index (κ2) is 7.99. The number of nitrogens with two attached hydrogens (primary N) is 1. The number of anilines is 2. The fraction of sp³-hybridized carbons (Fsp3) is 0.333. The van der Waals surface area contributed by atoms with Crippen LogP contribution in [0, 0.1) is 0 Å². The summed E-state index contributed by atoms with van der Waals surface area (Å²) >= 11 is 0.896. The number of halogens is 2. The lowest BCUT2D eigenvalue weighted by atomic mass is 10.1. The lowest BCUT2D eigenvalue weighted by Crippen LogP contribution is -2.40. The van der Waals surface area contributed by atoms with Crippen LogP contribution in [0.1, 0.15) is 12.8 Å². The van der Waals surface area contributed by atoms with Crippen molar-refractivity contribution in [3.05, 3.63) is 40.5 Å². The summed E-state index contributed by atoms with van der Waals surface area (Å²) in [5.41, 5.74) is 6.77. The Morgan fingerprint density at radius 1 is 1.34 bits per heavy atom. The zero-order chi connectivity index (χ0) is 22.4. The first-order valence-corrected chi connectivity index (χ1v) is 11.0. The SMILES string of the molecule is NC(=O)[C@@H]1CCCN1c1ccc2c(c1)OCCn1cc(N3C(=C=O)SC=C3C(F)F)nc1-2. The van der Waals surface area contributed by atoms with Gasteiger partial charge in [0.1, 0.15) is 24.2 Å². The molecule has 0 saturated carbocycles. The van der Waals surface area contributed by atoms with Gasteiger partial charge >= 0.3 is 0 Å². The topological polar surface area (TPSA) is 93.7 Å². The molecule has 8 nitrogen and oxygen atoms in total. The minimum absolute atomic E-state index is 0.0203. The van der Waals surface area contributed by atoms with Crippen molar-refractivity contribution >= 4 is 35.1 Å². The van der Waals surface area contributed by atoms with E-state index in [4.69, 9.17) is 10.5 Å². The van der Waals surface area contributed by atoms with Gasteiger partial charge in [0, 0.05) is 29.9 Å². The normalized spacial score (nSPS) is 19.9.